The van der Waals surface area contributed by atoms with E-state index in [1.807, 2.05) is 6.07 Å². The summed E-state index contributed by atoms with van der Waals surface area (Å²) >= 11 is 6.10. The largest absolute Gasteiger partial charge is 0.481 e. The first-order valence-corrected chi connectivity index (χ1v) is 7.45. The fourth-order valence-electron chi connectivity index (χ4n) is 2.21. The molecule has 0 fully saturated rings. The number of aromatic nitrogens is 1. The highest BCUT2D eigenvalue weighted by Gasteiger charge is 2.21. The molecule has 2 N–H and O–H groups in total. The molecule has 0 aliphatic rings. The first kappa shape index (κ1) is 17.4. The van der Waals surface area contributed by atoms with E-state index >= 15 is 0 Å². The summed E-state index contributed by atoms with van der Waals surface area (Å²) in [4.78, 5) is 27.6. The Kier molecular flexibility index (Phi) is 5.51. The standard InChI is InChI=1S/C17H14ClN3O3/c1-10-11(9-19)6-7-14(20-10)17(24)21-15(8-16(22)23)12-4-2-3-5-13(12)18/h2-7,15H,8H2,1H3,(H,21,24)(H,22,23)/t15-/m0/s1. The van der Waals surface area contributed by atoms with Gasteiger partial charge in [0, 0.05) is 5.02 Å². The molecule has 1 aromatic carbocycles. The van der Waals surface area contributed by atoms with Gasteiger partial charge in [0.05, 0.1) is 23.7 Å². The molecule has 0 aliphatic heterocycles. The Bertz CT molecular complexity index is 830. The van der Waals surface area contributed by atoms with Crippen molar-refractivity contribution in [1.82, 2.24) is 10.3 Å². The maximum atomic E-state index is 12.4. The summed E-state index contributed by atoms with van der Waals surface area (Å²) in [6.45, 7) is 1.62. The number of carbonyl (C=O) groups excluding carboxylic acids is 1. The maximum Gasteiger partial charge on any atom is 0.305 e. The molecule has 1 atom stereocenters. The summed E-state index contributed by atoms with van der Waals surface area (Å²) in [6.07, 6.45) is -0.315. The molecule has 0 saturated carbocycles. The number of aryl methyl sites for hydroxylation is 1. The lowest BCUT2D eigenvalue weighted by atomic mass is 10.0. The number of carboxylic acid groups (broad SMARTS) is 1. The number of rotatable bonds is 5. The fourth-order valence-corrected chi connectivity index (χ4v) is 2.48. The van der Waals surface area contributed by atoms with Gasteiger partial charge < -0.3 is 10.4 Å². The Morgan fingerprint density at radius 2 is 2.04 bits per heavy atom. The number of aliphatic carboxylic acids is 1. The zero-order valence-corrected chi connectivity index (χ0v) is 13.5. The minimum absolute atomic E-state index is 0.106. The van der Waals surface area contributed by atoms with Gasteiger partial charge in [-0.05, 0) is 30.7 Å². The number of nitrogens with one attached hydrogen (secondary N) is 1. The Morgan fingerprint density at radius 3 is 2.62 bits per heavy atom. The van der Waals surface area contributed by atoms with Crippen molar-refractivity contribution < 1.29 is 14.7 Å². The van der Waals surface area contributed by atoms with Crippen LogP contribution in [0.1, 0.15) is 39.8 Å². The van der Waals surface area contributed by atoms with E-state index in [9.17, 15) is 9.59 Å². The summed E-state index contributed by atoms with van der Waals surface area (Å²) < 4.78 is 0. The van der Waals surface area contributed by atoms with Crippen LogP contribution in [0, 0.1) is 18.3 Å². The highest BCUT2D eigenvalue weighted by atomic mass is 35.5. The Morgan fingerprint density at radius 1 is 1.33 bits per heavy atom. The van der Waals surface area contributed by atoms with Crippen LogP contribution in [0.5, 0.6) is 0 Å². The smallest absolute Gasteiger partial charge is 0.305 e. The summed E-state index contributed by atoms with van der Waals surface area (Å²) in [6, 6.07) is 10.8. The molecule has 0 aliphatic carbocycles. The van der Waals surface area contributed by atoms with Crippen LogP contribution in [0.3, 0.4) is 0 Å². The fraction of sp³-hybridized carbons (Fsp3) is 0.176. The number of carboxylic acids is 1. The molecule has 0 saturated heterocycles. The van der Waals surface area contributed by atoms with E-state index in [-0.39, 0.29) is 12.1 Å². The predicted octanol–water partition coefficient (Wildman–Crippen LogP) is 2.86. The van der Waals surface area contributed by atoms with Gasteiger partial charge in [-0.25, -0.2) is 4.98 Å². The number of amides is 1. The average Bonchev–Trinajstić information content (AvgIpc) is 2.54. The number of hydrogen-bond donors (Lipinski definition) is 2. The second-order valence-corrected chi connectivity index (χ2v) is 5.49. The van der Waals surface area contributed by atoms with Gasteiger partial charge in [0.1, 0.15) is 11.8 Å². The monoisotopic (exact) mass is 343 g/mol. The number of nitrogens with zero attached hydrogens (tertiary/aromatic N) is 2. The van der Waals surface area contributed by atoms with E-state index in [2.05, 4.69) is 10.3 Å². The zero-order chi connectivity index (χ0) is 17.7. The van der Waals surface area contributed by atoms with Crippen molar-refractivity contribution >= 4 is 23.5 Å². The van der Waals surface area contributed by atoms with Crippen LogP contribution in [0.2, 0.25) is 5.02 Å². The van der Waals surface area contributed by atoms with Gasteiger partial charge in [-0.2, -0.15) is 5.26 Å². The van der Waals surface area contributed by atoms with Gasteiger partial charge in [-0.1, -0.05) is 29.8 Å². The van der Waals surface area contributed by atoms with E-state index < -0.39 is 17.9 Å². The van der Waals surface area contributed by atoms with Crippen molar-refractivity contribution in [1.29, 1.82) is 5.26 Å². The van der Waals surface area contributed by atoms with E-state index in [1.165, 1.54) is 12.1 Å². The summed E-state index contributed by atoms with van der Waals surface area (Å²) in [5, 5.41) is 21.0. The van der Waals surface area contributed by atoms with E-state index in [0.29, 0.717) is 21.8 Å². The van der Waals surface area contributed by atoms with E-state index in [0.717, 1.165) is 0 Å². The van der Waals surface area contributed by atoms with Gasteiger partial charge in [-0.3, -0.25) is 9.59 Å². The minimum Gasteiger partial charge on any atom is -0.481 e. The number of carbonyl (C=O) groups is 2. The lowest BCUT2D eigenvalue weighted by Gasteiger charge is -2.18. The summed E-state index contributed by atoms with van der Waals surface area (Å²) in [7, 11) is 0. The number of benzene rings is 1. The van der Waals surface area contributed by atoms with Gasteiger partial charge in [0.2, 0.25) is 0 Å². The third-order valence-corrected chi connectivity index (χ3v) is 3.75. The molecule has 0 spiro atoms. The molecule has 24 heavy (non-hydrogen) atoms. The first-order chi connectivity index (χ1) is 11.4. The molecule has 122 valence electrons. The van der Waals surface area contributed by atoms with Crippen molar-refractivity contribution in [3.63, 3.8) is 0 Å². The zero-order valence-electron chi connectivity index (χ0n) is 12.8. The van der Waals surface area contributed by atoms with Crippen LogP contribution in [0.15, 0.2) is 36.4 Å². The molecule has 1 aromatic heterocycles. The quantitative estimate of drug-likeness (QED) is 0.868. The lowest BCUT2D eigenvalue weighted by Crippen LogP contribution is -2.31. The molecule has 2 rings (SSSR count). The Hall–Kier alpha value is -2.91. The molecule has 1 amide bonds. The van der Waals surface area contributed by atoms with Crippen molar-refractivity contribution in [2.24, 2.45) is 0 Å². The maximum absolute atomic E-state index is 12.4. The second kappa shape index (κ2) is 7.57. The Balaban J connectivity index is 2.28. The van der Waals surface area contributed by atoms with Crippen LogP contribution in [-0.2, 0) is 4.79 Å². The number of halogens is 1. The molecular weight excluding hydrogens is 330 g/mol. The molecule has 6 nitrogen and oxygen atoms in total. The number of hydrogen-bond acceptors (Lipinski definition) is 4. The van der Waals surface area contributed by atoms with Crippen LogP contribution in [0.25, 0.3) is 0 Å². The molecule has 1 heterocycles. The molecule has 7 heteroatoms. The molecular formula is C17H14ClN3O3. The van der Waals surface area contributed by atoms with Gasteiger partial charge in [0.25, 0.3) is 5.91 Å². The van der Waals surface area contributed by atoms with E-state index in [1.54, 1.807) is 31.2 Å². The van der Waals surface area contributed by atoms with Crippen molar-refractivity contribution in [2.45, 2.75) is 19.4 Å². The van der Waals surface area contributed by atoms with Crippen molar-refractivity contribution in [3.05, 3.63) is 63.9 Å². The molecule has 2 aromatic rings. The van der Waals surface area contributed by atoms with Gasteiger partial charge >= 0.3 is 5.97 Å². The lowest BCUT2D eigenvalue weighted by molar-refractivity contribution is -0.137. The highest BCUT2D eigenvalue weighted by Crippen LogP contribution is 2.25. The first-order valence-electron chi connectivity index (χ1n) is 7.07. The number of pyridine rings is 1. The molecule has 0 bridgehead atoms. The van der Waals surface area contributed by atoms with Crippen LogP contribution >= 0.6 is 11.6 Å². The normalized spacial score (nSPS) is 11.4. The predicted molar refractivity (Wildman–Crippen MR) is 87.6 cm³/mol. The molecule has 0 radical (unpaired) electrons. The summed E-state index contributed by atoms with van der Waals surface area (Å²) in [5.41, 5.74) is 1.42. The van der Waals surface area contributed by atoms with Gasteiger partial charge in [0.15, 0.2) is 0 Å². The van der Waals surface area contributed by atoms with Gasteiger partial charge in [-0.15, -0.1) is 0 Å². The Labute approximate surface area is 143 Å². The average molecular weight is 344 g/mol. The van der Waals surface area contributed by atoms with E-state index in [4.69, 9.17) is 22.0 Å². The summed E-state index contributed by atoms with van der Waals surface area (Å²) in [5.74, 6) is -1.60. The second-order valence-electron chi connectivity index (χ2n) is 5.09. The SMILES string of the molecule is Cc1nc(C(=O)N[C@@H](CC(=O)O)c2ccccc2Cl)ccc1C#N. The van der Waals surface area contributed by atoms with Crippen LogP contribution in [0.4, 0.5) is 0 Å². The highest BCUT2D eigenvalue weighted by molar-refractivity contribution is 6.31. The van der Waals surface area contributed by atoms with Crippen molar-refractivity contribution in [2.75, 3.05) is 0 Å². The van der Waals surface area contributed by atoms with Crippen molar-refractivity contribution in [3.8, 4) is 6.07 Å². The van der Waals surface area contributed by atoms with Crippen LogP contribution in [-0.4, -0.2) is 22.0 Å². The third kappa shape index (κ3) is 4.09. The minimum atomic E-state index is -1.07. The third-order valence-electron chi connectivity index (χ3n) is 3.40. The van der Waals surface area contributed by atoms with Crippen LogP contribution < -0.4 is 5.32 Å². The molecule has 0 unspecified atom stereocenters. The topological polar surface area (TPSA) is 103 Å². The number of nitriles is 1.